The topological polar surface area (TPSA) is 192 Å². The van der Waals surface area contributed by atoms with E-state index in [1.165, 1.54) is 20.8 Å². The first-order chi connectivity index (χ1) is 26.8. The van der Waals surface area contributed by atoms with Gasteiger partial charge in [-0.3, -0.25) is 33.6 Å². The van der Waals surface area contributed by atoms with Crippen LogP contribution in [0.3, 0.4) is 0 Å². The molecule has 0 aliphatic rings. The van der Waals surface area contributed by atoms with Gasteiger partial charge in [-0.2, -0.15) is 0 Å². The van der Waals surface area contributed by atoms with Crippen molar-refractivity contribution >= 4 is 46.9 Å². The van der Waals surface area contributed by atoms with Crippen molar-refractivity contribution in [3.05, 3.63) is 136 Å². The first-order valence-corrected chi connectivity index (χ1v) is 18.3. The number of Topliss-reactive ketones (excluding diaryl/α,β-unsaturated/α-hetero) is 1. The van der Waals surface area contributed by atoms with E-state index in [-0.39, 0.29) is 56.1 Å². The summed E-state index contributed by atoms with van der Waals surface area (Å²) < 4.78 is 0. The lowest BCUT2D eigenvalue weighted by Gasteiger charge is -2.07. The monoisotopic (exact) mass is 796 g/mol. The Bertz CT molecular complexity index is 1910. The fraction of sp³-hybridized carbons (Fsp3) is 0.311. The predicted octanol–water partition coefficient (Wildman–Crippen LogP) is 6.24. The van der Waals surface area contributed by atoms with E-state index < -0.39 is 0 Å². The lowest BCUT2D eigenvalue weighted by atomic mass is 10.1. The maximum absolute atomic E-state index is 12.2. The second kappa shape index (κ2) is 27.9. The fourth-order valence-corrected chi connectivity index (χ4v) is 4.82. The molecule has 0 bridgehead atoms. The smallest absolute Gasteiger partial charge is 0.251 e. The molecule has 6 N–H and O–H groups in total. The largest absolute Gasteiger partial charge is 0.352 e. The molecule has 0 saturated carbocycles. The van der Waals surface area contributed by atoms with E-state index in [2.05, 4.69) is 31.9 Å². The highest BCUT2D eigenvalue weighted by molar-refractivity contribution is 5.96. The Hall–Kier alpha value is -6.63. The van der Waals surface area contributed by atoms with Gasteiger partial charge < -0.3 is 31.9 Å². The lowest BCUT2D eigenvalue weighted by molar-refractivity contribution is -0.119. The summed E-state index contributed by atoms with van der Waals surface area (Å²) >= 11 is 0. The van der Waals surface area contributed by atoms with Crippen LogP contribution in [0.4, 0.5) is 5.69 Å². The number of anilines is 1. The van der Waals surface area contributed by atoms with Crippen molar-refractivity contribution in [2.45, 2.75) is 75.9 Å². The van der Waals surface area contributed by atoms with Gasteiger partial charge in [0.1, 0.15) is 5.78 Å². The van der Waals surface area contributed by atoms with Crippen LogP contribution in [0.5, 0.6) is 0 Å². The Morgan fingerprint density at radius 2 is 0.707 bits per heavy atom. The van der Waals surface area contributed by atoms with Crippen molar-refractivity contribution in [3.63, 3.8) is 0 Å². The molecule has 0 atom stereocenters. The van der Waals surface area contributed by atoms with Crippen LogP contribution < -0.4 is 31.9 Å². The number of hydrogen-bond donors (Lipinski definition) is 6. The zero-order valence-electron chi connectivity index (χ0n) is 32.8. The van der Waals surface area contributed by atoms with Crippen LogP contribution in [0.15, 0.2) is 97.1 Å². The van der Waals surface area contributed by atoms with Gasteiger partial charge in [0, 0.05) is 80.9 Å². The van der Waals surface area contributed by atoms with Gasteiger partial charge in [-0.15, -0.1) is 0 Å². The molecule has 0 unspecified atom stereocenters. The van der Waals surface area contributed by atoms with Gasteiger partial charge in [0.15, 0.2) is 0 Å². The molecule has 4 rings (SSSR count). The molecule has 6 amide bonds. The first kappa shape index (κ1) is 51.4. The summed E-state index contributed by atoms with van der Waals surface area (Å²) in [4.78, 5) is 79.2. The third kappa shape index (κ3) is 19.8. The first-order valence-electron chi connectivity index (χ1n) is 18.3. The number of ketones is 1. The van der Waals surface area contributed by atoms with Crippen LogP contribution in [-0.4, -0.2) is 60.9 Å². The second-order valence-electron chi connectivity index (χ2n) is 12.4. The lowest BCUT2D eigenvalue weighted by Crippen LogP contribution is -2.23. The number of rotatable bonds is 14. The van der Waals surface area contributed by atoms with Crippen molar-refractivity contribution < 1.29 is 33.6 Å². The van der Waals surface area contributed by atoms with E-state index in [4.69, 9.17) is 0 Å². The highest BCUT2D eigenvalue weighted by Gasteiger charge is 2.08. The third-order valence-corrected chi connectivity index (χ3v) is 7.58. The van der Waals surface area contributed by atoms with Crippen molar-refractivity contribution in [3.8, 4) is 0 Å². The van der Waals surface area contributed by atoms with E-state index >= 15 is 0 Å². The summed E-state index contributed by atoms with van der Waals surface area (Å²) in [6.07, 6.45) is 0.375. The minimum atomic E-state index is -0.179. The van der Waals surface area contributed by atoms with Gasteiger partial charge in [0.2, 0.25) is 11.8 Å². The average Bonchev–Trinajstić information content (AvgIpc) is 3.17. The maximum Gasteiger partial charge on any atom is 0.251 e. The van der Waals surface area contributed by atoms with Gasteiger partial charge in [-0.25, -0.2) is 0 Å². The summed E-state index contributed by atoms with van der Waals surface area (Å²) in [5, 5.41) is 16.3. The SMILES string of the molecule is C.C.CCNC(=O)c1ccc(CNC(=O)c2ccc(CC(C)=O)cc2)cc1.CCNC(=O)c1ccc(CNC(C)=O)cc1.CCNC(=O)c1ccc(NC(C)=O)cc1. The normalized spacial score (nSPS) is 9.48. The molecule has 4 aromatic rings. The summed E-state index contributed by atoms with van der Waals surface area (Å²) in [6, 6.07) is 28.1. The number of amides is 6. The zero-order valence-corrected chi connectivity index (χ0v) is 32.8. The Morgan fingerprint density at radius 1 is 0.397 bits per heavy atom. The van der Waals surface area contributed by atoms with Crippen LogP contribution in [0.25, 0.3) is 0 Å². The molecule has 0 heterocycles. The predicted molar refractivity (Wildman–Crippen MR) is 231 cm³/mol. The number of carbonyl (C=O) groups excluding carboxylic acids is 7. The number of nitrogens with one attached hydrogen (secondary N) is 6. The number of carbonyl (C=O) groups is 7. The van der Waals surface area contributed by atoms with Crippen molar-refractivity contribution in [2.24, 2.45) is 0 Å². The molecule has 0 aliphatic heterocycles. The van der Waals surface area contributed by atoms with Gasteiger partial charge in [-0.1, -0.05) is 51.3 Å². The van der Waals surface area contributed by atoms with Gasteiger partial charge in [-0.05, 0) is 105 Å². The quantitative estimate of drug-likeness (QED) is 0.0871. The Kier molecular flexibility index (Phi) is 24.7. The average molecular weight is 797 g/mol. The van der Waals surface area contributed by atoms with Gasteiger partial charge in [0.25, 0.3) is 23.6 Å². The molecular formula is C45H60N6O7. The molecule has 0 fully saturated rings. The zero-order chi connectivity index (χ0) is 41.5. The molecular weight excluding hydrogens is 737 g/mol. The molecule has 0 spiro atoms. The molecule has 58 heavy (non-hydrogen) atoms. The molecule has 4 aromatic carbocycles. The minimum Gasteiger partial charge on any atom is -0.352 e. The van der Waals surface area contributed by atoms with Crippen LogP contribution in [0.2, 0.25) is 0 Å². The van der Waals surface area contributed by atoms with E-state index in [1.54, 1.807) is 72.8 Å². The van der Waals surface area contributed by atoms with Crippen molar-refractivity contribution in [1.82, 2.24) is 26.6 Å². The molecule has 13 nitrogen and oxygen atoms in total. The Morgan fingerprint density at radius 3 is 1.02 bits per heavy atom. The standard InChI is InChI=1S/C20H22N2O3.C12H16N2O2.C11H14N2O2.2CH4/c1-3-21-19(24)17-10-6-16(7-11-17)13-22-20(25)18-8-4-15(5-9-18)12-14(2)23;1-3-13-12(16)11-6-4-10(5-7-11)8-14-9(2)15;1-3-12-11(15)9-4-6-10(7-5-9)13-8(2)14;;/h4-11H,3,12-13H2,1-2H3,(H,21,24)(H,22,25);4-7H,3,8H2,1-2H3,(H,13,16)(H,14,15);4-7H,3H2,1-2H3,(H,12,15)(H,13,14);2*1H4. The highest BCUT2D eigenvalue weighted by atomic mass is 16.2. The van der Waals surface area contributed by atoms with E-state index in [0.717, 1.165) is 16.7 Å². The number of hydrogen-bond acceptors (Lipinski definition) is 7. The van der Waals surface area contributed by atoms with Crippen molar-refractivity contribution in [1.29, 1.82) is 0 Å². The molecule has 0 aromatic heterocycles. The van der Waals surface area contributed by atoms with Gasteiger partial charge in [0.05, 0.1) is 0 Å². The van der Waals surface area contributed by atoms with Gasteiger partial charge >= 0.3 is 0 Å². The summed E-state index contributed by atoms with van der Waals surface area (Å²) in [5.41, 5.74) is 5.84. The highest BCUT2D eigenvalue weighted by Crippen LogP contribution is 2.10. The summed E-state index contributed by atoms with van der Waals surface area (Å²) in [5.74, 6) is -0.562. The maximum atomic E-state index is 12.2. The van der Waals surface area contributed by atoms with Crippen LogP contribution in [0, 0.1) is 0 Å². The molecule has 0 radical (unpaired) electrons. The van der Waals surface area contributed by atoms with Crippen LogP contribution in [0.1, 0.15) is 115 Å². The molecule has 312 valence electrons. The van der Waals surface area contributed by atoms with Crippen molar-refractivity contribution in [2.75, 3.05) is 25.0 Å². The third-order valence-electron chi connectivity index (χ3n) is 7.58. The van der Waals surface area contributed by atoms with E-state index in [9.17, 15) is 33.6 Å². The fourth-order valence-electron chi connectivity index (χ4n) is 4.82. The van der Waals surface area contributed by atoms with Crippen LogP contribution in [-0.2, 0) is 33.9 Å². The second-order valence-corrected chi connectivity index (χ2v) is 12.4. The summed E-state index contributed by atoms with van der Waals surface area (Å²) in [7, 11) is 0. The summed E-state index contributed by atoms with van der Waals surface area (Å²) in [6.45, 7) is 12.7. The van der Waals surface area contributed by atoms with E-state index in [0.29, 0.717) is 67.1 Å². The Balaban J connectivity index is 0.000000865. The number of benzene rings is 4. The molecule has 13 heteroatoms. The van der Waals surface area contributed by atoms with Crippen LogP contribution >= 0.6 is 0 Å². The Labute approximate surface area is 343 Å². The molecule has 0 saturated heterocycles. The van der Waals surface area contributed by atoms with E-state index in [1.807, 2.05) is 45.0 Å². The molecule has 0 aliphatic carbocycles. The minimum absolute atomic E-state index is 0.